The highest BCUT2D eigenvalue weighted by Gasteiger charge is 2.48. The Labute approximate surface area is 258 Å². The molecule has 7 rings (SSSR count). The highest BCUT2D eigenvalue weighted by molar-refractivity contribution is 5.82. The van der Waals surface area contributed by atoms with Crippen LogP contribution in [0.4, 0.5) is 10.1 Å². The third-order valence-corrected chi connectivity index (χ3v) is 10.0. The zero-order chi connectivity index (χ0) is 30.1. The first kappa shape index (κ1) is 29.0. The van der Waals surface area contributed by atoms with E-state index in [4.69, 9.17) is 4.74 Å². The summed E-state index contributed by atoms with van der Waals surface area (Å²) in [5, 5.41) is 4.12. The van der Waals surface area contributed by atoms with Gasteiger partial charge in [0.15, 0.2) is 6.29 Å². The molecule has 0 radical (unpaired) electrons. The molecular formula is C35H41FN6O2. The predicted octanol–water partition coefficient (Wildman–Crippen LogP) is 5.59. The quantitative estimate of drug-likeness (QED) is 0.244. The highest BCUT2D eigenvalue weighted by Crippen LogP contribution is 2.51. The first-order valence-electron chi connectivity index (χ1n) is 15.8. The minimum atomic E-state index is -0.382. The number of piperidine rings is 1. The topological polar surface area (TPSA) is 76.7 Å². The maximum atomic E-state index is 15.2. The van der Waals surface area contributed by atoms with Crippen LogP contribution in [-0.2, 0) is 13.1 Å². The fraction of sp³-hybridized carbons (Fsp3) is 0.429. The van der Waals surface area contributed by atoms with Crippen molar-refractivity contribution in [2.24, 2.45) is 5.41 Å². The fourth-order valence-corrected chi connectivity index (χ4v) is 7.42. The van der Waals surface area contributed by atoms with Crippen molar-refractivity contribution in [3.05, 3.63) is 83.4 Å². The lowest BCUT2D eigenvalue weighted by molar-refractivity contribution is -0.0356. The third kappa shape index (κ3) is 5.96. The van der Waals surface area contributed by atoms with E-state index in [1.54, 1.807) is 12.3 Å². The lowest BCUT2D eigenvalue weighted by Crippen LogP contribution is -2.59. The fourth-order valence-electron chi connectivity index (χ4n) is 7.42. The first-order valence-corrected chi connectivity index (χ1v) is 15.8. The van der Waals surface area contributed by atoms with Crippen LogP contribution in [0.2, 0.25) is 0 Å². The van der Waals surface area contributed by atoms with Gasteiger partial charge in [-0.3, -0.25) is 14.6 Å². The van der Waals surface area contributed by atoms with Crippen LogP contribution in [-0.4, -0.2) is 78.4 Å². The number of nitrogens with zero attached hydrogens (tertiary/aromatic N) is 4. The molecule has 2 aromatic carbocycles. The number of carbonyl (C=O) groups excluding carboxylic acids is 1. The summed E-state index contributed by atoms with van der Waals surface area (Å²) in [6.07, 6.45) is 8.67. The molecule has 0 atom stereocenters. The van der Waals surface area contributed by atoms with E-state index >= 15 is 4.39 Å². The van der Waals surface area contributed by atoms with Gasteiger partial charge in [-0.15, -0.1) is 0 Å². The number of nitrogens with one attached hydrogen (secondary N) is 2. The first-order chi connectivity index (χ1) is 21.5. The summed E-state index contributed by atoms with van der Waals surface area (Å²) >= 11 is 0. The van der Waals surface area contributed by atoms with Gasteiger partial charge in [-0.1, -0.05) is 24.3 Å². The second-order valence-electron chi connectivity index (χ2n) is 12.9. The number of hydrogen-bond donors (Lipinski definition) is 2. The van der Waals surface area contributed by atoms with Crippen molar-refractivity contribution >= 4 is 23.0 Å². The van der Waals surface area contributed by atoms with E-state index in [-0.39, 0.29) is 11.4 Å². The number of ether oxygens (including phenoxy) is 1. The van der Waals surface area contributed by atoms with Crippen molar-refractivity contribution in [3.63, 3.8) is 0 Å². The highest BCUT2D eigenvalue weighted by atomic mass is 19.1. The zero-order valence-corrected chi connectivity index (χ0v) is 25.4. The molecular weight excluding hydrogens is 555 g/mol. The number of aromatic nitrogens is 2. The number of benzene rings is 2. The summed E-state index contributed by atoms with van der Waals surface area (Å²) in [6.45, 7) is 8.04. The molecule has 230 valence electrons. The summed E-state index contributed by atoms with van der Waals surface area (Å²) in [6, 6.07) is 16.4. The standard InChI is InChI=1S/C35H41FN6O2/c1-37-21-25-2-4-26(5-3-25)23-40-12-14-41(15-13-40)29-19-35(20-29)7-10-42(11-8-35)32-18-33(28(24-43)17-31(32)36)44-30-16-27-6-9-38-34(27)39-22-30/h2-6,9,16-18,22,24,29,37H,7-8,10-15,19-21,23H2,1H3,(H,38,39). The summed E-state index contributed by atoms with van der Waals surface area (Å²) in [7, 11) is 1.98. The van der Waals surface area contributed by atoms with Crippen LogP contribution in [0.3, 0.4) is 0 Å². The summed E-state index contributed by atoms with van der Waals surface area (Å²) < 4.78 is 21.3. The van der Waals surface area contributed by atoms with Gasteiger partial charge in [0.25, 0.3) is 0 Å². The summed E-state index contributed by atoms with van der Waals surface area (Å²) in [5.41, 5.74) is 4.53. The van der Waals surface area contributed by atoms with Crippen LogP contribution in [0.25, 0.3) is 11.0 Å². The van der Waals surface area contributed by atoms with Crippen LogP contribution in [0.5, 0.6) is 11.5 Å². The lowest BCUT2D eigenvalue weighted by atomic mass is 9.60. The van der Waals surface area contributed by atoms with Gasteiger partial charge < -0.3 is 19.9 Å². The van der Waals surface area contributed by atoms with Crippen LogP contribution < -0.4 is 15.0 Å². The number of aldehydes is 1. The number of carbonyl (C=O) groups is 1. The molecule has 9 heteroatoms. The predicted molar refractivity (Wildman–Crippen MR) is 171 cm³/mol. The van der Waals surface area contributed by atoms with Crippen molar-refractivity contribution in [3.8, 4) is 11.5 Å². The lowest BCUT2D eigenvalue weighted by Gasteiger charge is -2.56. The Balaban J connectivity index is 0.917. The minimum Gasteiger partial charge on any atom is -0.455 e. The van der Waals surface area contributed by atoms with Gasteiger partial charge in [-0.25, -0.2) is 9.37 Å². The molecule has 0 amide bonds. The van der Waals surface area contributed by atoms with Gasteiger partial charge in [0, 0.05) is 76.0 Å². The molecule has 8 nitrogen and oxygen atoms in total. The number of aromatic amines is 1. The number of halogens is 1. The molecule has 1 aliphatic carbocycles. The Morgan fingerprint density at radius 3 is 2.50 bits per heavy atom. The number of piperazine rings is 1. The van der Waals surface area contributed by atoms with E-state index in [0.717, 1.165) is 76.2 Å². The van der Waals surface area contributed by atoms with E-state index < -0.39 is 0 Å². The largest absolute Gasteiger partial charge is 0.455 e. The Kier molecular flexibility index (Phi) is 8.10. The number of H-pyrrole nitrogens is 1. The SMILES string of the molecule is CNCc1ccc(CN2CCN(C3CC4(CCN(c5cc(Oc6cnc7[nH]ccc7c6)c(C=O)cc5F)CC4)C3)CC2)cc1. The van der Waals surface area contributed by atoms with Crippen LogP contribution in [0, 0.1) is 11.2 Å². The average molecular weight is 597 g/mol. The molecule has 4 heterocycles. The van der Waals surface area contributed by atoms with Crippen LogP contribution in [0.15, 0.2) is 60.9 Å². The number of rotatable bonds is 9. The minimum absolute atomic E-state index is 0.193. The summed E-state index contributed by atoms with van der Waals surface area (Å²) in [4.78, 5) is 26.6. The zero-order valence-electron chi connectivity index (χ0n) is 25.4. The monoisotopic (exact) mass is 596 g/mol. The number of anilines is 1. The van der Waals surface area contributed by atoms with Crippen LogP contribution >= 0.6 is 0 Å². The molecule has 2 aliphatic heterocycles. The van der Waals surface area contributed by atoms with Gasteiger partial charge in [0.05, 0.1) is 17.4 Å². The van der Waals surface area contributed by atoms with E-state index in [1.807, 2.05) is 25.4 Å². The molecule has 2 N–H and O–H groups in total. The number of pyridine rings is 1. The Hall–Kier alpha value is -3.79. The van der Waals surface area contributed by atoms with Crippen molar-refractivity contribution in [1.29, 1.82) is 0 Å². The van der Waals surface area contributed by atoms with E-state index in [0.29, 0.717) is 34.9 Å². The molecule has 0 unspecified atom stereocenters. The molecule has 2 aromatic heterocycles. The van der Waals surface area contributed by atoms with Gasteiger partial charge >= 0.3 is 0 Å². The smallest absolute Gasteiger partial charge is 0.153 e. The molecule has 4 aromatic rings. The summed E-state index contributed by atoms with van der Waals surface area (Å²) in [5.74, 6) is 0.477. The van der Waals surface area contributed by atoms with Crippen molar-refractivity contribution in [2.45, 2.75) is 44.8 Å². The molecule has 3 aliphatic rings. The van der Waals surface area contributed by atoms with E-state index in [1.165, 1.54) is 30.0 Å². The van der Waals surface area contributed by atoms with Crippen molar-refractivity contribution < 1.29 is 13.9 Å². The van der Waals surface area contributed by atoms with Gasteiger partial charge in [-0.05, 0) is 67.5 Å². The number of hydrogen-bond acceptors (Lipinski definition) is 7. The van der Waals surface area contributed by atoms with Crippen molar-refractivity contribution in [2.75, 3.05) is 51.2 Å². The Morgan fingerprint density at radius 1 is 1.02 bits per heavy atom. The maximum Gasteiger partial charge on any atom is 0.153 e. The number of fused-ring (bicyclic) bond motifs is 1. The second-order valence-corrected chi connectivity index (χ2v) is 12.9. The van der Waals surface area contributed by atoms with Gasteiger partial charge in [0.2, 0.25) is 0 Å². The second kappa shape index (κ2) is 12.3. The average Bonchev–Trinajstić information content (AvgIpc) is 3.50. The third-order valence-electron chi connectivity index (χ3n) is 10.0. The van der Waals surface area contributed by atoms with Gasteiger partial charge in [0.1, 0.15) is 23.0 Å². The maximum absolute atomic E-state index is 15.2. The molecule has 2 saturated heterocycles. The normalized spacial score (nSPS) is 19.4. The Bertz CT molecular complexity index is 1600. The molecule has 44 heavy (non-hydrogen) atoms. The van der Waals surface area contributed by atoms with E-state index in [2.05, 4.69) is 54.2 Å². The molecule has 1 spiro atoms. The molecule has 1 saturated carbocycles. The Morgan fingerprint density at radius 2 is 1.77 bits per heavy atom. The van der Waals surface area contributed by atoms with E-state index in [9.17, 15) is 4.79 Å². The van der Waals surface area contributed by atoms with Crippen molar-refractivity contribution in [1.82, 2.24) is 25.1 Å². The molecule has 0 bridgehead atoms. The van der Waals surface area contributed by atoms with Crippen LogP contribution in [0.1, 0.15) is 47.2 Å². The molecule has 3 fully saturated rings. The van der Waals surface area contributed by atoms with Gasteiger partial charge in [-0.2, -0.15) is 0 Å².